The minimum atomic E-state index is 0.134. The molecule has 2 N–H and O–H groups in total. The van der Waals surface area contributed by atoms with Crippen molar-refractivity contribution in [2.24, 2.45) is 9.98 Å². The van der Waals surface area contributed by atoms with E-state index >= 15 is 0 Å². The SMILES string of the molecule is Cc1cc(N=Cc2cc(Br)cc(Br)c2O)ccc1N=Cc1cc(Br)cc(Br)c1O. The van der Waals surface area contributed by atoms with Gasteiger partial charge >= 0.3 is 0 Å². The standard InChI is InChI=1S/C21H14Br4N2O2/c1-11-4-16(26-9-12-5-14(22)7-17(24)20(12)28)2-3-19(11)27-10-13-6-15(23)8-18(25)21(13)29/h2-10,28-29H,1H3. The van der Waals surface area contributed by atoms with Crippen LogP contribution in [0, 0.1) is 6.92 Å². The highest BCUT2D eigenvalue weighted by molar-refractivity contribution is 9.11. The molecule has 3 rings (SSSR count). The highest BCUT2D eigenvalue weighted by atomic mass is 79.9. The fourth-order valence-corrected chi connectivity index (χ4v) is 5.03. The van der Waals surface area contributed by atoms with E-state index < -0.39 is 0 Å². The van der Waals surface area contributed by atoms with E-state index in [0.717, 1.165) is 25.9 Å². The van der Waals surface area contributed by atoms with Gasteiger partial charge < -0.3 is 10.2 Å². The van der Waals surface area contributed by atoms with Crippen molar-refractivity contribution >= 4 is 87.5 Å². The van der Waals surface area contributed by atoms with Crippen molar-refractivity contribution in [1.82, 2.24) is 0 Å². The van der Waals surface area contributed by atoms with Gasteiger partial charge in [-0.3, -0.25) is 9.98 Å². The lowest BCUT2D eigenvalue weighted by Crippen LogP contribution is -1.86. The Morgan fingerprint density at radius 2 is 1.24 bits per heavy atom. The van der Waals surface area contributed by atoms with Crippen LogP contribution in [0.4, 0.5) is 11.4 Å². The molecule has 0 aliphatic rings. The molecule has 148 valence electrons. The molecule has 4 nitrogen and oxygen atoms in total. The Kier molecular flexibility index (Phi) is 7.32. The number of aliphatic imine (C=N–C) groups is 2. The summed E-state index contributed by atoms with van der Waals surface area (Å²) in [5.41, 5.74) is 3.65. The molecule has 0 saturated heterocycles. The third kappa shape index (κ3) is 5.57. The number of benzene rings is 3. The van der Waals surface area contributed by atoms with Crippen LogP contribution in [0.25, 0.3) is 0 Å². The highest BCUT2D eigenvalue weighted by Crippen LogP contribution is 2.33. The van der Waals surface area contributed by atoms with E-state index in [1.165, 1.54) is 0 Å². The number of aromatic hydroxyl groups is 2. The predicted molar refractivity (Wildman–Crippen MR) is 133 cm³/mol. The molecular weight excluding hydrogens is 632 g/mol. The van der Waals surface area contributed by atoms with Crippen molar-refractivity contribution in [3.63, 3.8) is 0 Å². The number of halogens is 4. The zero-order valence-electron chi connectivity index (χ0n) is 15.0. The van der Waals surface area contributed by atoms with Crippen molar-refractivity contribution in [1.29, 1.82) is 0 Å². The van der Waals surface area contributed by atoms with E-state index in [9.17, 15) is 10.2 Å². The van der Waals surface area contributed by atoms with Crippen molar-refractivity contribution in [2.45, 2.75) is 6.92 Å². The smallest absolute Gasteiger partial charge is 0.138 e. The summed E-state index contributed by atoms with van der Waals surface area (Å²) in [6, 6.07) is 12.7. The molecule has 0 aliphatic heterocycles. The Morgan fingerprint density at radius 1 is 0.724 bits per heavy atom. The van der Waals surface area contributed by atoms with Gasteiger partial charge in [0.05, 0.1) is 20.3 Å². The molecule has 0 amide bonds. The summed E-state index contributed by atoms with van der Waals surface area (Å²) in [5.74, 6) is 0.269. The van der Waals surface area contributed by atoms with Crippen LogP contribution in [0.15, 0.2) is 70.3 Å². The Hall–Kier alpha value is -1.48. The van der Waals surface area contributed by atoms with E-state index in [0.29, 0.717) is 20.1 Å². The summed E-state index contributed by atoms with van der Waals surface area (Å²) < 4.78 is 2.87. The average molecular weight is 646 g/mol. The van der Waals surface area contributed by atoms with Crippen molar-refractivity contribution in [3.8, 4) is 11.5 Å². The summed E-state index contributed by atoms with van der Waals surface area (Å²) in [7, 11) is 0. The van der Waals surface area contributed by atoms with Crippen molar-refractivity contribution in [3.05, 3.63) is 77.0 Å². The van der Waals surface area contributed by atoms with Crippen LogP contribution >= 0.6 is 63.7 Å². The first kappa shape index (κ1) is 22.2. The molecule has 8 heteroatoms. The minimum absolute atomic E-state index is 0.134. The lowest BCUT2D eigenvalue weighted by atomic mass is 10.1. The minimum Gasteiger partial charge on any atom is -0.506 e. The first-order chi connectivity index (χ1) is 13.7. The van der Waals surface area contributed by atoms with Gasteiger partial charge in [-0.05, 0) is 86.8 Å². The number of hydrogen-bond donors (Lipinski definition) is 2. The molecule has 0 aliphatic carbocycles. The van der Waals surface area contributed by atoms with Gasteiger partial charge in [-0.2, -0.15) is 0 Å². The lowest BCUT2D eigenvalue weighted by molar-refractivity contribution is 0.470. The quantitative estimate of drug-likeness (QED) is 0.283. The molecule has 0 aromatic heterocycles. The first-order valence-corrected chi connectivity index (χ1v) is 11.5. The summed E-state index contributed by atoms with van der Waals surface area (Å²) in [4.78, 5) is 8.93. The molecule has 3 aromatic rings. The van der Waals surface area contributed by atoms with Crippen LogP contribution in [-0.2, 0) is 0 Å². The van der Waals surface area contributed by atoms with Gasteiger partial charge in [0.1, 0.15) is 11.5 Å². The van der Waals surface area contributed by atoms with Gasteiger partial charge in [-0.1, -0.05) is 31.9 Å². The molecule has 0 unspecified atom stereocenters. The summed E-state index contributed by atoms with van der Waals surface area (Å²) in [5, 5.41) is 20.3. The fraction of sp³-hybridized carbons (Fsp3) is 0.0476. The molecule has 29 heavy (non-hydrogen) atoms. The highest BCUT2D eigenvalue weighted by Gasteiger charge is 2.07. The summed E-state index contributed by atoms with van der Waals surface area (Å²) >= 11 is 13.4. The number of rotatable bonds is 4. The Bertz CT molecular complexity index is 1140. The van der Waals surface area contributed by atoms with Crippen LogP contribution in [0.3, 0.4) is 0 Å². The number of nitrogens with zero attached hydrogens (tertiary/aromatic N) is 2. The lowest BCUT2D eigenvalue weighted by Gasteiger charge is -2.05. The fourth-order valence-electron chi connectivity index (χ4n) is 2.52. The van der Waals surface area contributed by atoms with Crippen molar-refractivity contribution in [2.75, 3.05) is 0 Å². The van der Waals surface area contributed by atoms with Crippen LogP contribution < -0.4 is 0 Å². The van der Waals surface area contributed by atoms with Gasteiger partial charge in [0, 0.05) is 32.5 Å². The number of phenolic OH excluding ortho intramolecular Hbond substituents is 2. The second-order valence-electron chi connectivity index (χ2n) is 6.14. The van der Waals surface area contributed by atoms with Gasteiger partial charge in [0.2, 0.25) is 0 Å². The number of hydrogen-bond acceptors (Lipinski definition) is 4. The van der Waals surface area contributed by atoms with Crippen LogP contribution in [0.2, 0.25) is 0 Å². The molecular formula is C21H14Br4N2O2. The van der Waals surface area contributed by atoms with Gasteiger partial charge in [-0.15, -0.1) is 0 Å². The third-order valence-corrected chi connectivity index (χ3v) is 6.12. The molecule has 0 spiro atoms. The van der Waals surface area contributed by atoms with Gasteiger partial charge in [-0.25, -0.2) is 0 Å². The molecule has 0 atom stereocenters. The number of phenols is 2. The largest absolute Gasteiger partial charge is 0.506 e. The maximum absolute atomic E-state index is 10.1. The topological polar surface area (TPSA) is 65.2 Å². The van der Waals surface area contributed by atoms with Crippen molar-refractivity contribution < 1.29 is 10.2 Å². The van der Waals surface area contributed by atoms with E-state index in [1.807, 2.05) is 25.1 Å². The van der Waals surface area contributed by atoms with Crippen LogP contribution in [0.1, 0.15) is 16.7 Å². The molecule has 0 saturated carbocycles. The number of aryl methyl sites for hydroxylation is 1. The van der Waals surface area contributed by atoms with Gasteiger partial charge in [0.25, 0.3) is 0 Å². The second-order valence-corrected chi connectivity index (χ2v) is 9.68. The van der Waals surface area contributed by atoms with E-state index in [2.05, 4.69) is 73.7 Å². The van der Waals surface area contributed by atoms with E-state index in [4.69, 9.17) is 0 Å². The van der Waals surface area contributed by atoms with Crippen LogP contribution in [0.5, 0.6) is 11.5 Å². The second kappa shape index (κ2) is 9.55. The molecule has 3 aromatic carbocycles. The molecule has 0 radical (unpaired) electrons. The third-order valence-electron chi connectivity index (χ3n) is 3.99. The van der Waals surface area contributed by atoms with Crippen LogP contribution in [-0.4, -0.2) is 22.6 Å². The summed E-state index contributed by atoms with van der Waals surface area (Å²) in [6.45, 7) is 1.94. The molecule has 0 heterocycles. The zero-order chi connectivity index (χ0) is 21.1. The summed E-state index contributed by atoms with van der Waals surface area (Å²) in [6.07, 6.45) is 3.23. The predicted octanol–water partition coefficient (Wildman–Crippen LogP) is 7.96. The normalized spacial score (nSPS) is 11.6. The van der Waals surface area contributed by atoms with E-state index in [1.54, 1.807) is 36.7 Å². The molecule has 0 fully saturated rings. The Labute approximate surface area is 201 Å². The maximum atomic E-state index is 10.1. The Morgan fingerprint density at radius 3 is 1.76 bits per heavy atom. The molecule has 0 bridgehead atoms. The van der Waals surface area contributed by atoms with E-state index in [-0.39, 0.29) is 11.5 Å². The first-order valence-electron chi connectivity index (χ1n) is 8.29. The van der Waals surface area contributed by atoms with Gasteiger partial charge in [0.15, 0.2) is 0 Å². The Balaban J connectivity index is 1.84. The monoisotopic (exact) mass is 642 g/mol. The average Bonchev–Trinajstić information content (AvgIpc) is 2.66. The maximum Gasteiger partial charge on any atom is 0.138 e. The zero-order valence-corrected chi connectivity index (χ0v) is 21.3.